The molecule has 30 heavy (non-hydrogen) atoms. The number of halogens is 3. The first kappa shape index (κ1) is 20.5. The molecule has 0 aliphatic heterocycles. The molecule has 0 amide bonds. The first-order valence-electron chi connectivity index (χ1n) is 9.30. The molecular weight excluding hydrogens is 417 g/mol. The Morgan fingerprint density at radius 2 is 1.93 bits per heavy atom. The lowest BCUT2D eigenvalue weighted by molar-refractivity contribution is -0.137. The highest BCUT2D eigenvalue weighted by Crippen LogP contribution is 2.36. The standard InChI is InChI=1S/C20H19F3N4O2S/c1-24-30(28,29)17-7-2-13(8-15-4-3-14(10-25-15)20(21,22)23)18(9-17)19-11-27(12-26-19)16-5-6-16/h2-4,7,9-12,16,24H,5-6,8H2,1H3. The van der Waals surface area contributed by atoms with Gasteiger partial charge in [0, 0.05) is 36.1 Å². The van der Waals surface area contributed by atoms with Gasteiger partial charge >= 0.3 is 6.18 Å². The van der Waals surface area contributed by atoms with Crippen LogP contribution in [0, 0.1) is 0 Å². The van der Waals surface area contributed by atoms with Gasteiger partial charge in [-0.2, -0.15) is 13.2 Å². The maximum atomic E-state index is 12.8. The smallest absolute Gasteiger partial charge is 0.334 e. The van der Waals surface area contributed by atoms with E-state index in [0.717, 1.165) is 30.7 Å². The molecule has 0 radical (unpaired) electrons. The number of benzene rings is 1. The average Bonchev–Trinajstić information content (AvgIpc) is 3.45. The summed E-state index contributed by atoms with van der Waals surface area (Å²) in [6.45, 7) is 0. The summed E-state index contributed by atoms with van der Waals surface area (Å²) in [7, 11) is -2.33. The summed E-state index contributed by atoms with van der Waals surface area (Å²) in [6.07, 6.45) is 2.33. The highest BCUT2D eigenvalue weighted by atomic mass is 32.2. The third-order valence-electron chi connectivity index (χ3n) is 5.03. The number of nitrogens with one attached hydrogen (secondary N) is 1. The summed E-state index contributed by atoms with van der Waals surface area (Å²) in [5.74, 6) is 0. The maximum absolute atomic E-state index is 12.8. The first-order valence-corrected chi connectivity index (χ1v) is 10.8. The number of imidazole rings is 1. The molecule has 0 unspecified atom stereocenters. The fourth-order valence-electron chi connectivity index (χ4n) is 3.17. The van der Waals surface area contributed by atoms with Crippen molar-refractivity contribution in [2.45, 2.75) is 36.4 Å². The number of sulfonamides is 1. The van der Waals surface area contributed by atoms with Crippen LogP contribution in [0.1, 0.15) is 35.7 Å². The fraction of sp³-hybridized carbons (Fsp3) is 0.300. The summed E-state index contributed by atoms with van der Waals surface area (Å²) < 4.78 is 67.1. The molecular formula is C20H19F3N4O2S. The van der Waals surface area contributed by atoms with Crippen LogP contribution in [-0.2, 0) is 22.6 Å². The number of aromatic nitrogens is 3. The Labute approximate surface area is 171 Å². The number of nitrogens with zero attached hydrogens (tertiary/aromatic N) is 3. The number of rotatable bonds is 6. The molecule has 2 heterocycles. The van der Waals surface area contributed by atoms with Crippen LogP contribution >= 0.6 is 0 Å². The summed E-state index contributed by atoms with van der Waals surface area (Å²) in [5, 5.41) is 0. The van der Waals surface area contributed by atoms with E-state index in [-0.39, 0.29) is 11.3 Å². The van der Waals surface area contributed by atoms with Crippen molar-refractivity contribution < 1.29 is 21.6 Å². The minimum atomic E-state index is -4.45. The number of pyridine rings is 1. The lowest BCUT2D eigenvalue weighted by atomic mass is 10.0. The Morgan fingerprint density at radius 1 is 1.17 bits per heavy atom. The van der Waals surface area contributed by atoms with Gasteiger partial charge < -0.3 is 4.57 Å². The van der Waals surface area contributed by atoms with E-state index in [1.54, 1.807) is 12.4 Å². The summed E-state index contributed by atoms with van der Waals surface area (Å²) in [6, 6.07) is 7.37. The third-order valence-corrected chi connectivity index (χ3v) is 6.44. The monoisotopic (exact) mass is 436 g/mol. The van der Waals surface area contributed by atoms with Crippen LogP contribution in [0.2, 0.25) is 0 Å². The zero-order valence-electron chi connectivity index (χ0n) is 16.0. The van der Waals surface area contributed by atoms with Crippen molar-refractivity contribution in [1.29, 1.82) is 0 Å². The predicted molar refractivity (Wildman–Crippen MR) is 104 cm³/mol. The van der Waals surface area contributed by atoms with Crippen LogP contribution in [0.3, 0.4) is 0 Å². The molecule has 0 bridgehead atoms. The quantitative estimate of drug-likeness (QED) is 0.638. The van der Waals surface area contributed by atoms with Crippen LogP contribution < -0.4 is 4.72 Å². The summed E-state index contributed by atoms with van der Waals surface area (Å²) in [4.78, 5) is 8.44. The fourth-order valence-corrected chi connectivity index (χ4v) is 3.93. The molecule has 10 heteroatoms. The van der Waals surface area contributed by atoms with E-state index in [1.807, 2.05) is 10.8 Å². The van der Waals surface area contributed by atoms with Crippen molar-refractivity contribution in [3.63, 3.8) is 0 Å². The number of hydrogen-bond acceptors (Lipinski definition) is 4. The van der Waals surface area contributed by atoms with Crippen molar-refractivity contribution in [1.82, 2.24) is 19.3 Å². The van der Waals surface area contributed by atoms with Gasteiger partial charge in [-0.3, -0.25) is 4.98 Å². The molecule has 158 valence electrons. The Morgan fingerprint density at radius 3 is 2.53 bits per heavy atom. The largest absolute Gasteiger partial charge is 0.417 e. The van der Waals surface area contributed by atoms with E-state index in [9.17, 15) is 21.6 Å². The summed E-state index contributed by atoms with van der Waals surface area (Å²) >= 11 is 0. The Kier molecular flexibility index (Phi) is 5.15. The topological polar surface area (TPSA) is 76.9 Å². The molecule has 0 saturated heterocycles. The molecule has 1 N–H and O–H groups in total. The van der Waals surface area contributed by atoms with Gasteiger partial charge in [0.05, 0.1) is 22.5 Å². The van der Waals surface area contributed by atoms with Gasteiger partial charge in [-0.05, 0) is 49.7 Å². The van der Waals surface area contributed by atoms with E-state index >= 15 is 0 Å². The zero-order chi connectivity index (χ0) is 21.5. The summed E-state index contributed by atoms with van der Waals surface area (Å²) in [5.41, 5.74) is 1.56. The van der Waals surface area contributed by atoms with Gasteiger partial charge in [-0.25, -0.2) is 18.1 Å². The van der Waals surface area contributed by atoms with Gasteiger partial charge in [0.15, 0.2) is 0 Å². The van der Waals surface area contributed by atoms with Gasteiger partial charge in [0.25, 0.3) is 0 Å². The van der Waals surface area contributed by atoms with Gasteiger partial charge in [-0.15, -0.1) is 0 Å². The minimum absolute atomic E-state index is 0.0881. The van der Waals surface area contributed by atoms with Crippen LogP contribution in [0.15, 0.2) is 53.9 Å². The maximum Gasteiger partial charge on any atom is 0.417 e. The minimum Gasteiger partial charge on any atom is -0.334 e. The van der Waals surface area contributed by atoms with Gasteiger partial charge in [-0.1, -0.05) is 6.07 Å². The molecule has 0 atom stereocenters. The van der Waals surface area contributed by atoms with Gasteiger partial charge in [0.1, 0.15) is 0 Å². The molecule has 6 nitrogen and oxygen atoms in total. The van der Waals surface area contributed by atoms with E-state index in [4.69, 9.17) is 0 Å². The van der Waals surface area contributed by atoms with E-state index in [1.165, 1.54) is 25.2 Å². The highest BCUT2D eigenvalue weighted by Gasteiger charge is 2.30. The molecule has 1 aliphatic rings. The Bertz CT molecular complexity index is 1170. The second kappa shape index (κ2) is 7.51. The Hall–Kier alpha value is -2.72. The second-order valence-corrected chi connectivity index (χ2v) is 9.06. The number of hydrogen-bond donors (Lipinski definition) is 1. The van der Waals surface area contributed by atoms with Crippen molar-refractivity contribution in [2.75, 3.05) is 7.05 Å². The molecule has 1 aliphatic carbocycles. The lowest BCUT2D eigenvalue weighted by Gasteiger charge is -2.11. The third kappa shape index (κ3) is 4.24. The van der Waals surface area contributed by atoms with Crippen molar-refractivity contribution >= 4 is 10.0 Å². The molecule has 0 spiro atoms. The SMILES string of the molecule is CNS(=O)(=O)c1ccc(Cc2ccc(C(F)(F)F)cn2)c(-c2cn(C3CC3)cn2)c1. The molecule has 3 aromatic rings. The van der Waals surface area contributed by atoms with Crippen LogP contribution in [0.25, 0.3) is 11.3 Å². The normalized spacial score (nSPS) is 14.8. The van der Waals surface area contributed by atoms with E-state index in [0.29, 0.717) is 23.0 Å². The molecule has 4 rings (SSSR count). The van der Waals surface area contributed by atoms with E-state index < -0.39 is 21.8 Å². The average molecular weight is 436 g/mol. The highest BCUT2D eigenvalue weighted by molar-refractivity contribution is 7.89. The number of alkyl halides is 3. The predicted octanol–water partition coefficient (Wildman–Crippen LogP) is 3.80. The molecule has 2 aromatic heterocycles. The van der Waals surface area contributed by atoms with Crippen molar-refractivity contribution in [3.8, 4) is 11.3 Å². The lowest BCUT2D eigenvalue weighted by Crippen LogP contribution is -2.18. The van der Waals surface area contributed by atoms with Crippen molar-refractivity contribution in [2.24, 2.45) is 0 Å². The van der Waals surface area contributed by atoms with Crippen LogP contribution in [0.4, 0.5) is 13.2 Å². The molecule has 1 fully saturated rings. The zero-order valence-corrected chi connectivity index (χ0v) is 16.8. The van der Waals surface area contributed by atoms with Gasteiger partial charge in [0.2, 0.25) is 10.0 Å². The molecule has 1 aromatic carbocycles. The van der Waals surface area contributed by atoms with Crippen LogP contribution in [0.5, 0.6) is 0 Å². The van der Waals surface area contributed by atoms with Crippen LogP contribution in [-0.4, -0.2) is 30.0 Å². The first-order chi connectivity index (χ1) is 14.2. The Balaban J connectivity index is 1.72. The molecule has 1 saturated carbocycles. The second-order valence-electron chi connectivity index (χ2n) is 7.18. The van der Waals surface area contributed by atoms with Crippen molar-refractivity contribution in [3.05, 3.63) is 65.9 Å². The van der Waals surface area contributed by atoms with E-state index in [2.05, 4.69) is 14.7 Å².